The van der Waals surface area contributed by atoms with Crippen LogP contribution in [0.25, 0.3) is 0 Å². The van der Waals surface area contributed by atoms with E-state index in [1.54, 1.807) is 0 Å². The van der Waals surface area contributed by atoms with Crippen molar-refractivity contribution in [2.24, 2.45) is 23.2 Å². The largest absolute Gasteiger partial charge is 0.356 e. The van der Waals surface area contributed by atoms with Gasteiger partial charge in [-0.1, -0.05) is 20.3 Å². The summed E-state index contributed by atoms with van der Waals surface area (Å²) in [5.74, 6) is 2.31. The summed E-state index contributed by atoms with van der Waals surface area (Å²) >= 11 is 0. The summed E-state index contributed by atoms with van der Waals surface area (Å²) in [5.41, 5.74) is -0.0288. The van der Waals surface area contributed by atoms with Crippen LogP contribution in [0.4, 0.5) is 0 Å². The predicted molar refractivity (Wildman–Crippen MR) is 61.4 cm³/mol. The number of hydrogen-bond donors (Lipinski definition) is 1. The normalized spacial score (nSPS) is 38.7. The highest BCUT2D eigenvalue weighted by molar-refractivity contribution is 5.83. The fourth-order valence-corrected chi connectivity index (χ4v) is 3.95. The van der Waals surface area contributed by atoms with Gasteiger partial charge in [0.2, 0.25) is 5.91 Å². The van der Waals surface area contributed by atoms with Crippen molar-refractivity contribution in [3.05, 3.63) is 0 Å². The van der Waals surface area contributed by atoms with Crippen LogP contribution in [0.2, 0.25) is 0 Å². The third kappa shape index (κ3) is 1.49. The van der Waals surface area contributed by atoms with Crippen LogP contribution in [-0.4, -0.2) is 12.5 Å². The molecule has 3 unspecified atom stereocenters. The summed E-state index contributed by atoms with van der Waals surface area (Å²) in [6.45, 7) is 7.22. The van der Waals surface area contributed by atoms with Crippen LogP contribution in [-0.2, 0) is 4.79 Å². The zero-order valence-electron chi connectivity index (χ0n) is 10.2. The molecule has 15 heavy (non-hydrogen) atoms. The Morgan fingerprint density at radius 1 is 1.47 bits per heavy atom. The van der Waals surface area contributed by atoms with E-state index >= 15 is 0 Å². The Morgan fingerprint density at radius 2 is 2.20 bits per heavy atom. The molecule has 0 aliphatic heterocycles. The minimum Gasteiger partial charge on any atom is -0.356 e. The lowest BCUT2D eigenvalue weighted by Gasteiger charge is -2.39. The third-order valence-electron chi connectivity index (χ3n) is 4.69. The molecule has 0 saturated heterocycles. The molecule has 3 atom stereocenters. The lowest BCUT2D eigenvalue weighted by molar-refractivity contribution is -0.137. The van der Waals surface area contributed by atoms with E-state index in [4.69, 9.17) is 0 Å². The number of fused-ring (bicyclic) bond motifs is 2. The zero-order valence-corrected chi connectivity index (χ0v) is 10.2. The van der Waals surface area contributed by atoms with Gasteiger partial charge >= 0.3 is 0 Å². The average Bonchev–Trinajstić information content (AvgIpc) is 2.77. The highest BCUT2D eigenvalue weighted by atomic mass is 16.2. The number of rotatable bonds is 3. The summed E-state index contributed by atoms with van der Waals surface area (Å²) in [6, 6.07) is 0. The van der Waals surface area contributed by atoms with Crippen molar-refractivity contribution < 1.29 is 4.79 Å². The molecular formula is C13H23NO. The van der Waals surface area contributed by atoms with Crippen molar-refractivity contribution >= 4 is 5.91 Å². The van der Waals surface area contributed by atoms with Gasteiger partial charge in [-0.3, -0.25) is 4.79 Å². The van der Waals surface area contributed by atoms with Gasteiger partial charge in [-0.05, 0) is 43.9 Å². The van der Waals surface area contributed by atoms with Crippen LogP contribution < -0.4 is 5.32 Å². The van der Waals surface area contributed by atoms with Gasteiger partial charge in [0.1, 0.15) is 0 Å². The maximum Gasteiger partial charge on any atom is 0.226 e. The standard InChI is InChI=1S/C13H23NO/c1-4-14-12(15)13(9(2)3)8-10-5-6-11(13)7-10/h9-11H,4-8H2,1-3H3,(H,14,15). The Bertz CT molecular complexity index is 261. The van der Waals surface area contributed by atoms with Crippen molar-refractivity contribution in [1.82, 2.24) is 5.32 Å². The lowest BCUT2D eigenvalue weighted by atomic mass is 9.65. The predicted octanol–water partition coefficient (Wildman–Crippen LogP) is 2.58. The Hall–Kier alpha value is -0.530. The van der Waals surface area contributed by atoms with Crippen molar-refractivity contribution in [2.75, 3.05) is 6.54 Å². The quantitative estimate of drug-likeness (QED) is 0.760. The first-order valence-corrected chi connectivity index (χ1v) is 6.39. The molecule has 1 amide bonds. The molecular weight excluding hydrogens is 186 g/mol. The molecule has 2 fully saturated rings. The summed E-state index contributed by atoms with van der Waals surface area (Å²) in [4.78, 5) is 12.3. The number of nitrogens with one attached hydrogen (secondary N) is 1. The van der Waals surface area contributed by atoms with Crippen molar-refractivity contribution in [2.45, 2.75) is 46.5 Å². The second-order valence-electron chi connectivity index (χ2n) is 5.63. The molecule has 0 aromatic heterocycles. The second-order valence-corrected chi connectivity index (χ2v) is 5.63. The first-order valence-electron chi connectivity index (χ1n) is 6.39. The van der Waals surface area contributed by atoms with Crippen LogP contribution >= 0.6 is 0 Å². The molecule has 2 aliphatic carbocycles. The van der Waals surface area contributed by atoms with E-state index in [-0.39, 0.29) is 5.41 Å². The van der Waals surface area contributed by atoms with Crippen molar-refractivity contribution in [3.8, 4) is 0 Å². The van der Waals surface area contributed by atoms with Crippen LogP contribution in [0.15, 0.2) is 0 Å². The molecule has 0 spiro atoms. The Kier molecular flexibility index (Phi) is 2.78. The van der Waals surface area contributed by atoms with Crippen molar-refractivity contribution in [1.29, 1.82) is 0 Å². The van der Waals surface area contributed by atoms with E-state index in [9.17, 15) is 4.79 Å². The van der Waals surface area contributed by atoms with Gasteiger partial charge in [-0.25, -0.2) is 0 Å². The molecule has 2 bridgehead atoms. The number of carbonyl (C=O) groups is 1. The van der Waals surface area contributed by atoms with E-state index in [1.165, 1.54) is 19.3 Å². The highest BCUT2D eigenvalue weighted by Gasteiger charge is 2.56. The molecule has 86 valence electrons. The van der Waals surface area contributed by atoms with Gasteiger partial charge in [0.05, 0.1) is 5.41 Å². The second kappa shape index (κ2) is 3.80. The molecule has 2 saturated carbocycles. The first-order chi connectivity index (χ1) is 7.11. The van der Waals surface area contributed by atoms with Gasteiger partial charge < -0.3 is 5.32 Å². The van der Waals surface area contributed by atoms with E-state index in [0.717, 1.165) is 18.9 Å². The van der Waals surface area contributed by atoms with Crippen LogP contribution in [0.1, 0.15) is 46.5 Å². The maximum atomic E-state index is 12.3. The highest BCUT2D eigenvalue weighted by Crippen LogP contribution is 2.59. The molecule has 1 N–H and O–H groups in total. The monoisotopic (exact) mass is 209 g/mol. The summed E-state index contributed by atoms with van der Waals surface area (Å²) < 4.78 is 0. The Labute approximate surface area is 92.8 Å². The molecule has 0 heterocycles. The molecule has 2 nitrogen and oxygen atoms in total. The fourth-order valence-electron chi connectivity index (χ4n) is 3.95. The fraction of sp³-hybridized carbons (Fsp3) is 0.923. The summed E-state index contributed by atoms with van der Waals surface area (Å²) in [5, 5.41) is 3.06. The van der Waals surface area contributed by atoms with Crippen LogP contribution in [0.3, 0.4) is 0 Å². The molecule has 2 rings (SSSR count). The van der Waals surface area contributed by atoms with E-state index in [1.807, 2.05) is 6.92 Å². The molecule has 0 radical (unpaired) electrons. The molecule has 0 aromatic carbocycles. The SMILES string of the molecule is CCNC(=O)C1(C(C)C)CC2CCC1C2. The molecule has 2 heteroatoms. The van der Waals surface area contributed by atoms with E-state index < -0.39 is 0 Å². The Morgan fingerprint density at radius 3 is 2.60 bits per heavy atom. The first kappa shape index (κ1) is 11.0. The number of carbonyl (C=O) groups excluding carboxylic acids is 1. The maximum absolute atomic E-state index is 12.3. The van der Waals surface area contributed by atoms with Crippen LogP contribution in [0.5, 0.6) is 0 Å². The smallest absolute Gasteiger partial charge is 0.226 e. The number of hydrogen-bond acceptors (Lipinski definition) is 1. The number of amides is 1. The van der Waals surface area contributed by atoms with E-state index in [2.05, 4.69) is 19.2 Å². The van der Waals surface area contributed by atoms with Gasteiger partial charge in [0, 0.05) is 6.54 Å². The minimum atomic E-state index is -0.0288. The van der Waals surface area contributed by atoms with Crippen molar-refractivity contribution in [3.63, 3.8) is 0 Å². The molecule has 2 aliphatic rings. The van der Waals surface area contributed by atoms with Gasteiger partial charge in [-0.15, -0.1) is 0 Å². The van der Waals surface area contributed by atoms with E-state index in [0.29, 0.717) is 17.7 Å². The summed E-state index contributed by atoms with van der Waals surface area (Å²) in [7, 11) is 0. The summed E-state index contributed by atoms with van der Waals surface area (Å²) in [6.07, 6.45) is 5.08. The van der Waals surface area contributed by atoms with Crippen LogP contribution in [0, 0.1) is 23.2 Å². The zero-order chi connectivity index (χ0) is 11.1. The molecule has 0 aromatic rings. The minimum absolute atomic E-state index is 0.0288. The topological polar surface area (TPSA) is 29.1 Å². The van der Waals surface area contributed by atoms with Gasteiger partial charge in [0.25, 0.3) is 0 Å². The van der Waals surface area contributed by atoms with Gasteiger partial charge in [0.15, 0.2) is 0 Å². The third-order valence-corrected chi connectivity index (χ3v) is 4.69. The Balaban J connectivity index is 2.22. The lowest BCUT2D eigenvalue weighted by Crippen LogP contribution is -2.47. The average molecular weight is 209 g/mol. The van der Waals surface area contributed by atoms with Gasteiger partial charge in [-0.2, -0.15) is 0 Å².